The van der Waals surface area contributed by atoms with Gasteiger partial charge in [0, 0.05) is 30.2 Å². The fraction of sp³-hybridized carbons (Fsp3) is 0.250. The number of hydrogen-bond donors (Lipinski definition) is 0. The minimum absolute atomic E-state index is 0.125. The molecular formula is C24H24BrFN2O4. The van der Waals surface area contributed by atoms with Crippen molar-refractivity contribution in [2.75, 3.05) is 26.8 Å². The van der Waals surface area contributed by atoms with E-state index in [1.807, 2.05) is 0 Å². The van der Waals surface area contributed by atoms with Crippen molar-refractivity contribution in [2.24, 2.45) is 0 Å². The third kappa shape index (κ3) is 6.77. The molecule has 0 aliphatic rings. The molecule has 168 valence electrons. The number of ether oxygens (including phenoxy) is 1. The van der Waals surface area contributed by atoms with Crippen molar-refractivity contribution in [3.8, 4) is 0 Å². The highest BCUT2D eigenvalue weighted by Crippen LogP contribution is 2.15. The van der Waals surface area contributed by atoms with Crippen molar-refractivity contribution in [2.45, 2.75) is 13.1 Å². The zero-order chi connectivity index (χ0) is 22.9. The van der Waals surface area contributed by atoms with E-state index in [0.29, 0.717) is 17.9 Å². The summed E-state index contributed by atoms with van der Waals surface area (Å²) in [6, 6.07) is 16.5. The van der Waals surface area contributed by atoms with Crippen LogP contribution in [0, 0.1) is 5.82 Å². The van der Waals surface area contributed by atoms with Gasteiger partial charge in [-0.1, -0.05) is 28.1 Å². The number of amides is 2. The second-order valence-corrected chi connectivity index (χ2v) is 8.10. The van der Waals surface area contributed by atoms with E-state index in [1.54, 1.807) is 60.5 Å². The van der Waals surface area contributed by atoms with E-state index in [4.69, 9.17) is 9.15 Å². The molecule has 0 saturated heterocycles. The number of methoxy groups -OCH3 is 1. The first-order valence-electron chi connectivity index (χ1n) is 10.0. The van der Waals surface area contributed by atoms with Gasteiger partial charge in [0.15, 0.2) is 0 Å². The summed E-state index contributed by atoms with van der Waals surface area (Å²) in [4.78, 5) is 29.4. The smallest absolute Gasteiger partial charge is 0.254 e. The van der Waals surface area contributed by atoms with Gasteiger partial charge in [0.1, 0.15) is 18.1 Å². The molecule has 0 aliphatic heterocycles. The lowest BCUT2D eigenvalue weighted by atomic mass is 10.2. The highest BCUT2D eigenvalue weighted by Gasteiger charge is 2.23. The zero-order valence-electron chi connectivity index (χ0n) is 17.7. The molecule has 0 radical (unpaired) electrons. The Morgan fingerprint density at radius 3 is 2.34 bits per heavy atom. The van der Waals surface area contributed by atoms with Crippen LogP contribution < -0.4 is 0 Å². The topological polar surface area (TPSA) is 63.0 Å². The van der Waals surface area contributed by atoms with Crippen LogP contribution in [0.4, 0.5) is 4.39 Å². The van der Waals surface area contributed by atoms with Crippen molar-refractivity contribution < 1.29 is 23.1 Å². The predicted octanol–water partition coefficient (Wildman–Crippen LogP) is 4.50. The quantitative estimate of drug-likeness (QED) is 0.409. The van der Waals surface area contributed by atoms with Crippen molar-refractivity contribution in [3.63, 3.8) is 0 Å². The van der Waals surface area contributed by atoms with Crippen LogP contribution in [0.25, 0.3) is 0 Å². The standard InChI is InChI=1S/C24H24BrFN2O4/c1-31-14-12-27(24(30)19-6-8-20(25)9-7-19)17-23(29)28(16-22-3-2-13-32-22)15-18-4-10-21(26)11-5-18/h2-11,13H,12,14-17H2,1H3. The van der Waals surface area contributed by atoms with Gasteiger partial charge in [-0.05, 0) is 54.1 Å². The van der Waals surface area contributed by atoms with E-state index < -0.39 is 0 Å². The Balaban J connectivity index is 1.78. The Kier molecular flexibility index (Phi) is 8.58. The monoisotopic (exact) mass is 502 g/mol. The number of benzene rings is 2. The molecule has 3 aromatic rings. The van der Waals surface area contributed by atoms with E-state index in [2.05, 4.69) is 15.9 Å². The van der Waals surface area contributed by atoms with Crippen LogP contribution in [0.15, 0.2) is 75.8 Å². The lowest BCUT2D eigenvalue weighted by molar-refractivity contribution is -0.133. The molecule has 0 atom stereocenters. The highest BCUT2D eigenvalue weighted by molar-refractivity contribution is 9.10. The molecule has 8 heteroatoms. The average molecular weight is 503 g/mol. The van der Waals surface area contributed by atoms with Gasteiger partial charge < -0.3 is 19.0 Å². The largest absolute Gasteiger partial charge is 0.467 e. The molecule has 0 bridgehead atoms. The molecule has 0 saturated carbocycles. The first-order chi connectivity index (χ1) is 15.5. The number of rotatable bonds is 10. The number of hydrogen-bond acceptors (Lipinski definition) is 4. The van der Waals surface area contributed by atoms with Crippen LogP contribution in [0.2, 0.25) is 0 Å². The van der Waals surface area contributed by atoms with Gasteiger partial charge in [0.2, 0.25) is 5.91 Å². The summed E-state index contributed by atoms with van der Waals surface area (Å²) in [7, 11) is 1.54. The number of furan rings is 1. The summed E-state index contributed by atoms with van der Waals surface area (Å²) in [5.41, 5.74) is 1.25. The van der Waals surface area contributed by atoms with E-state index in [0.717, 1.165) is 10.0 Å². The SMILES string of the molecule is COCCN(CC(=O)N(Cc1ccc(F)cc1)Cc1ccco1)C(=O)c1ccc(Br)cc1. The van der Waals surface area contributed by atoms with Crippen LogP contribution in [-0.2, 0) is 22.6 Å². The minimum atomic E-state index is -0.344. The second kappa shape index (κ2) is 11.6. The maximum Gasteiger partial charge on any atom is 0.254 e. The molecule has 0 unspecified atom stereocenters. The Morgan fingerprint density at radius 1 is 1.00 bits per heavy atom. The molecular weight excluding hydrogens is 479 g/mol. The number of carbonyl (C=O) groups is 2. The third-order valence-corrected chi connectivity index (χ3v) is 5.36. The molecule has 0 aliphatic carbocycles. The summed E-state index contributed by atoms with van der Waals surface area (Å²) in [5.74, 6) is -0.249. The molecule has 2 aromatic carbocycles. The Hall–Kier alpha value is -2.97. The molecule has 1 aromatic heterocycles. The normalized spacial score (nSPS) is 10.7. The maximum absolute atomic E-state index is 13.3. The van der Waals surface area contributed by atoms with E-state index in [1.165, 1.54) is 23.3 Å². The highest BCUT2D eigenvalue weighted by atomic mass is 79.9. The fourth-order valence-corrected chi connectivity index (χ4v) is 3.39. The van der Waals surface area contributed by atoms with E-state index >= 15 is 0 Å². The van der Waals surface area contributed by atoms with Crippen LogP contribution >= 0.6 is 15.9 Å². The Bertz CT molecular complexity index is 1010. The van der Waals surface area contributed by atoms with Gasteiger partial charge in [0.05, 0.1) is 19.4 Å². The van der Waals surface area contributed by atoms with Gasteiger partial charge in [0.25, 0.3) is 5.91 Å². The van der Waals surface area contributed by atoms with Gasteiger partial charge >= 0.3 is 0 Å². The van der Waals surface area contributed by atoms with Gasteiger partial charge in [-0.2, -0.15) is 0 Å². The third-order valence-electron chi connectivity index (χ3n) is 4.84. The number of nitrogens with zero attached hydrogens (tertiary/aromatic N) is 2. The van der Waals surface area contributed by atoms with E-state index in [9.17, 15) is 14.0 Å². The number of halogens is 2. The van der Waals surface area contributed by atoms with E-state index in [-0.39, 0.29) is 43.8 Å². The summed E-state index contributed by atoms with van der Waals surface area (Å²) in [6.45, 7) is 0.923. The van der Waals surface area contributed by atoms with Gasteiger partial charge in [-0.15, -0.1) is 0 Å². The van der Waals surface area contributed by atoms with Crippen molar-refractivity contribution in [1.82, 2.24) is 9.80 Å². The number of carbonyl (C=O) groups excluding carboxylic acids is 2. The molecule has 0 spiro atoms. The molecule has 0 N–H and O–H groups in total. The molecule has 1 heterocycles. The maximum atomic E-state index is 13.3. The van der Waals surface area contributed by atoms with Crippen LogP contribution in [0.3, 0.4) is 0 Å². The van der Waals surface area contributed by atoms with Crippen molar-refractivity contribution in [3.05, 3.63) is 94.1 Å². The molecule has 0 fully saturated rings. The fourth-order valence-electron chi connectivity index (χ4n) is 3.13. The van der Waals surface area contributed by atoms with Crippen LogP contribution in [0.1, 0.15) is 21.7 Å². The first kappa shape index (κ1) is 23.7. The summed E-state index contributed by atoms with van der Waals surface area (Å²) < 4.78 is 24.7. The Labute approximate surface area is 194 Å². The average Bonchev–Trinajstić information content (AvgIpc) is 3.30. The molecule has 6 nitrogen and oxygen atoms in total. The lowest BCUT2D eigenvalue weighted by Crippen LogP contribution is -2.43. The summed E-state index contributed by atoms with van der Waals surface area (Å²) in [6.07, 6.45) is 1.54. The minimum Gasteiger partial charge on any atom is -0.467 e. The Morgan fingerprint density at radius 2 is 1.72 bits per heavy atom. The first-order valence-corrected chi connectivity index (χ1v) is 10.8. The molecule has 32 heavy (non-hydrogen) atoms. The predicted molar refractivity (Wildman–Crippen MR) is 121 cm³/mol. The summed E-state index contributed by atoms with van der Waals surface area (Å²) in [5, 5.41) is 0. The molecule has 2 amide bonds. The zero-order valence-corrected chi connectivity index (χ0v) is 19.3. The second-order valence-electron chi connectivity index (χ2n) is 7.18. The van der Waals surface area contributed by atoms with Crippen LogP contribution in [-0.4, -0.2) is 48.4 Å². The summed E-state index contributed by atoms with van der Waals surface area (Å²) >= 11 is 3.36. The van der Waals surface area contributed by atoms with Gasteiger partial charge in [-0.3, -0.25) is 9.59 Å². The van der Waals surface area contributed by atoms with Gasteiger partial charge in [-0.25, -0.2) is 4.39 Å². The molecule has 3 rings (SSSR count). The van der Waals surface area contributed by atoms with Crippen molar-refractivity contribution in [1.29, 1.82) is 0 Å². The van der Waals surface area contributed by atoms with Crippen molar-refractivity contribution >= 4 is 27.7 Å². The lowest BCUT2D eigenvalue weighted by Gasteiger charge is -2.27. The van der Waals surface area contributed by atoms with Crippen LogP contribution in [0.5, 0.6) is 0 Å².